The zero-order chi connectivity index (χ0) is 13.0. The maximum absolute atomic E-state index is 11.2. The summed E-state index contributed by atoms with van der Waals surface area (Å²) in [6.45, 7) is 7.64. The van der Waals surface area contributed by atoms with Crippen molar-refractivity contribution in [3.05, 3.63) is 29.3 Å². The third-order valence-corrected chi connectivity index (χ3v) is 3.13. The van der Waals surface area contributed by atoms with Crippen LogP contribution in [0.2, 0.25) is 0 Å². The van der Waals surface area contributed by atoms with Crippen LogP contribution >= 0.6 is 0 Å². The van der Waals surface area contributed by atoms with Crippen molar-refractivity contribution in [2.24, 2.45) is 0 Å². The molecular weight excluding hydrogens is 228 g/mol. The molecule has 0 aliphatic carbocycles. The number of amides is 1. The molecule has 1 aromatic rings. The lowest BCUT2D eigenvalue weighted by Crippen LogP contribution is -2.48. The largest absolute Gasteiger partial charge is 0.492 e. The highest BCUT2D eigenvalue weighted by molar-refractivity contribution is 5.78. The summed E-state index contributed by atoms with van der Waals surface area (Å²) in [5, 5.41) is 2.82. The second-order valence-electron chi connectivity index (χ2n) is 4.74. The first kappa shape index (κ1) is 12.9. The molecule has 0 radical (unpaired) electrons. The lowest BCUT2D eigenvalue weighted by molar-refractivity contribution is -0.124. The first-order chi connectivity index (χ1) is 8.65. The zero-order valence-corrected chi connectivity index (χ0v) is 11.0. The Morgan fingerprint density at radius 1 is 1.39 bits per heavy atom. The summed E-state index contributed by atoms with van der Waals surface area (Å²) in [6, 6.07) is 6.20. The summed E-state index contributed by atoms with van der Waals surface area (Å²) in [4.78, 5) is 13.3. The second-order valence-corrected chi connectivity index (χ2v) is 4.74. The maximum atomic E-state index is 11.2. The van der Waals surface area contributed by atoms with Crippen LogP contribution in [0, 0.1) is 13.8 Å². The quantitative estimate of drug-likeness (QED) is 0.868. The van der Waals surface area contributed by atoms with Crippen LogP contribution < -0.4 is 10.1 Å². The fraction of sp³-hybridized carbons (Fsp3) is 0.500. The predicted octanol–water partition coefficient (Wildman–Crippen LogP) is 1.11. The number of hydrogen-bond acceptors (Lipinski definition) is 3. The van der Waals surface area contributed by atoms with Gasteiger partial charge >= 0.3 is 0 Å². The molecule has 1 aliphatic heterocycles. The number of piperazine rings is 1. The van der Waals surface area contributed by atoms with Gasteiger partial charge in [-0.05, 0) is 31.0 Å². The van der Waals surface area contributed by atoms with Crippen LogP contribution in [0.1, 0.15) is 11.1 Å². The number of hydrogen-bond donors (Lipinski definition) is 1. The summed E-state index contributed by atoms with van der Waals surface area (Å²) in [5.41, 5.74) is 2.35. The van der Waals surface area contributed by atoms with Crippen molar-refractivity contribution in [3.8, 4) is 5.75 Å². The van der Waals surface area contributed by atoms with E-state index in [1.54, 1.807) is 0 Å². The molecule has 0 unspecified atom stereocenters. The number of carbonyl (C=O) groups excluding carboxylic acids is 1. The Morgan fingerprint density at radius 2 is 2.22 bits per heavy atom. The Labute approximate surface area is 108 Å². The van der Waals surface area contributed by atoms with Gasteiger partial charge in [-0.2, -0.15) is 0 Å². The van der Waals surface area contributed by atoms with E-state index in [1.165, 1.54) is 5.56 Å². The smallest absolute Gasteiger partial charge is 0.234 e. The van der Waals surface area contributed by atoms with Crippen molar-refractivity contribution < 1.29 is 9.53 Å². The van der Waals surface area contributed by atoms with Crippen LogP contribution in [-0.4, -0.2) is 43.6 Å². The Balaban J connectivity index is 1.81. The van der Waals surface area contributed by atoms with E-state index < -0.39 is 0 Å². The zero-order valence-electron chi connectivity index (χ0n) is 11.0. The fourth-order valence-electron chi connectivity index (χ4n) is 2.03. The van der Waals surface area contributed by atoms with Crippen molar-refractivity contribution in [1.29, 1.82) is 0 Å². The molecular formula is C14H20N2O2. The van der Waals surface area contributed by atoms with Gasteiger partial charge in [-0.1, -0.05) is 12.1 Å². The van der Waals surface area contributed by atoms with E-state index in [1.807, 2.05) is 6.92 Å². The standard InChI is InChI=1S/C14H20N2O2/c1-11-3-4-12(2)13(9-11)18-8-7-16-6-5-15-14(17)10-16/h3-4,9H,5-8,10H2,1-2H3,(H,15,17). The lowest BCUT2D eigenvalue weighted by Gasteiger charge is -2.26. The van der Waals surface area contributed by atoms with Gasteiger partial charge in [0.05, 0.1) is 6.54 Å². The molecule has 1 amide bonds. The molecule has 1 fully saturated rings. The molecule has 18 heavy (non-hydrogen) atoms. The number of nitrogens with one attached hydrogen (secondary N) is 1. The first-order valence-corrected chi connectivity index (χ1v) is 6.34. The molecule has 0 bridgehead atoms. The highest BCUT2D eigenvalue weighted by atomic mass is 16.5. The third-order valence-electron chi connectivity index (χ3n) is 3.13. The molecule has 1 aromatic carbocycles. The van der Waals surface area contributed by atoms with E-state index in [-0.39, 0.29) is 5.91 Å². The molecule has 1 heterocycles. The van der Waals surface area contributed by atoms with Crippen molar-refractivity contribution in [2.75, 3.05) is 32.8 Å². The third kappa shape index (κ3) is 3.47. The Kier molecular flexibility index (Phi) is 4.20. The van der Waals surface area contributed by atoms with Crippen LogP contribution in [0.5, 0.6) is 5.75 Å². The molecule has 1 N–H and O–H groups in total. The summed E-state index contributed by atoms with van der Waals surface area (Å²) in [7, 11) is 0. The minimum absolute atomic E-state index is 0.105. The van der Waals surface area contributed by atoms with E-state index >= 15 is 0 Å². The molecule has 4 heteroatoms. The SMILES string of the molecule is Cc1ccc(C)c(OCCN2CCNC(=O)C2)c1. The van der Waals surface area contributed by atoms with Gasteiger partial charge in [-0.3, -0.25) is 9.69 Å². The van der Waals surface area contributed by atoms with Crippen LogP contribution in [0.25, 0.3) is 0 Å². The average Bonchev–Trinajstić information content (AvgIpc) is 2.34. The van der Waals surface area contributed by atoms with E-state index in [9.17, 15) is 4.79 Å². The minimum atomic E-state index is 0.105. The van der Waals surface area contributed by atoms with E-state index in [4.69, 9.17) is 4.74 Å². The number of rotatable bonds is 4. The summed E-state index contributed by atoms with van der Waals surface area (Å²) in [6.07, 6.45) is 0. The number of carbonyl (C=O) groups is 1. The molecule has 4 nitrogen and oxygen atoms in total. The molecule has 0 spiro atoms. The topological polar surface area (TPSA) is 41.6 Å². The van der Waals surface area contributed by atoms with E-state index in [2.05, 4.69) is 35.3 Å². The van der Waals surface area contributed by atoms with Gasteiger partial charge in [0.1, 0.15) is 12.4 Å². The molecule has 1 saturated heterocycles. The van der Waals surface area contributed by atoms with Crippen molar-refractivity contribution >= 4 is 5.91 Å². The highest BCUT2D eigenvalue weighted by Crippen LogP contribution is 2.18. The van der Waals surface area contributed by atoms with E-state index in [0.717, 1.165) is 30.9 Å². The van der Waals surface area contributed by atoms with Crippen LogP contribution in [0.4, 0.5) is 0 Å². The van der Waals surface area contributed by atoms with Crippen LogP contribution in [0.15, 0.2) is 18.2 Å². The summed E-state index contributed by atoms with van der Waals surface area (Å²) < 4.78 is 5.78. The molecule has 2 rings (SSSR count). The minimum Gasteiger partial charge on any atom is -0.492 e. The van der Waals surface area contributed by atoms with Crippen molar-refractivity contribution in [3.63, 3.8) is 0 Å². The fourth-order valence-corrected chi connectivity index (χ4v) is 2.03. The van der Waals surface area contributed by atoms with Gasteiger partial charge in [0.15, 0.2) is 0 Å². The highest BCUT2D eigenvalue weighted by Gasteiger charge is 2.15. The second kappa shape index (κ2) is 5.87. The number of benzene rings is 1. The lowest BCUT2D eigenvalue weighted by atomic mass is 10.1. The predicted molar refractivity (Wildman–Crippen MR) is 70.9 cm³/mol. The van der Waals surface area contributed by atoms with Gasteiger partial charge < -0.3 is 10.1 Å². The van der Waals surface area contributed by atoms with Crippen LogP contribution in [0.3, 0.4) is 0 Å². The normalized spacial score (nSPS) is 16.4. The molecule has 1 aliphatic rings. The number of aryl methyl sites for hydroxylation is 2. The summed E-state index contributed by atoms with van der Waals surface area (Å²) >= 11 is 0. The van der Waals surface area contributed by atoms with Gasteiger partial charge in [0.25, 0.3) is 0 Å². The van der Waals surface area contributed by atoms with Crippen molar-refractivity contribution in [2.45, 2.75) is 13.8 Å². The van der Waals surface area contributed by atoms with E-state index in [0.29, 0.717) is 13.2 Å². The molecule has 0 atom stereocenters. The van der Waals surface area contributed by atoms with Gasteiger partial charge in [0, 0.05) is 19.6 Å². The first-order valence-electron chi connectivity index (χ1n) is 6.34. The Morgan fingerprint density at radius 3 is 3.00 bits per heavy atom. The molecule has 98 valence electrons. The summed E-state index contributed by atoms with van der Waals surface area (Å²) in [5.74, 6) is 1.05. The number of nitrogens with zero attached hydrogens (tertiary/aromatic N) is 1. The Bertz CT molecular complexity index is 432. The van der Waals surface area contributed by atoms with Gasteiger partial charge in [0.2, 0.25) is 5.91 Å². The van der Waals surface area contributed by atoms with Crippen molar-refractivity contribution in [1.82, 2.24) is 10.2 Å². The average molecular weight is 248 g/mol. The molecule has 0 aromatic heterocycles. The van der Waals surface area contributed by atoms with Crippen LogP contribution in [-0.2, 0) is 4.79 Å². The number of ether oxygens (including phenoxy) is 1. The Hall–Kier alpha value is -1.55. The maximum Gasteiger partial charge on any atom is 0.234 e. The van der Waals surface area contributed by atoms with Gasteiger partial charge in [-0.15, -0.1) is 0 Å². The monoisotopic (exact) mass is 248 g/mol. The molecule has 0 saturated carbocycles. The van der Waals surface area contributed by atoms with Gasteiger partial charge in [-0.25, -0.2) is 0 Å².